The average Bonchev–Trinajstić information content (AvgIpc) is 2.75. The van der Waals surface area contributed by atoms with Gasteiger partial charge in [0.1, 0.15) is 0 Å². The molecule has 0 aliphatic rings. The zero-order valence-corrected chi connectivity index (χ0v) is 9.47. The minimum Gasteiger partial charge on any atom is -0.469 e. The zero-order valence-electron chi connectivity index (χ0n) is 9.47. The topological polar surface area (TPSA) is 70.4 Å². The Morgan fingerprint density at radius 2 is 2.12 bits per heavy atom. The molecule has 0 spiro atoms. The van der Waals surface area contributed by atoms with Crippen molar-refractivity contribution in [2.45, 2.75) is 13.5 Å². The molecule has 0 radical (unpaired) electrons. The summed E-state index contributed by atoms with van der Waals surface area (Å²) in [5.41, 5.74) is 0.222. The second-order valence-electron chi connectivity index (χ2n) is 3.34. The number of esters is 2. The van der Waals surface area contributed by atoms with Crippen LogP contribution in [0.15, 0.2) is 12.3 Å². The normalized spacial score (nSPS) is 11.9. The van der Waals surface area contributed by atoms with Crippen LogP contribution in [0.3, 0.4) is 0 Å². The van der Waals surface area contributed by atoms with E-state index in [9.17, 15) is 9.59 Å². The molecule has 0 unspecified atom stereocenters. The summed E-state index contributed by atoms with van der Waals surface area (Å²) >= 11 is 0. The van der Waals surface area contributed by atoms with Crippen LogP contribution in [0.4, 0.5) is 0 Å². The maximum Gasteiger partial charge on any atom is 0.358 e. The number of carbonyl (C=O) groups excluding carboxylic acids is 2. The second-order valence-corrected chi connectivity index (χ2v) is 3.34. The maximum atomic E-state index is 11.2. The molecule has 1 heterocycles. The fraction of sp³-hybridized carbons (Fsp3) is 0.500. The van der Waals surface area contributed by atoms with Crippen LogP contribution in [0, 0.1) is 5.92 Å². The van der Waals surface area contributed by atoms with Gasteiger partial charge in [-0.05, 0) is 6.07 Å². The lowest BCUT2D eigenvalue weighted by molar-refractivity contribution is -0.145. The minimum absolute atomic E-state index is 0.222. The first kappa shape index (κ1) is 12.2. The van der Waals surface area contributed by atoms with Crippen molar-refractivity contribution in [3.05, 3.63) is 18.0 Å². The Bertz CT molecular complexity index is 386. The standard InChI is InChI=1S/C10H14N2O4/c1-7(9(13)15-2)6-12-5-4-8(11-12)10(14)16-3/h4-5,7H,6H2,1-3H3/t7-/m0/s1. The number of rotatable bonds is 4. The lowest BCUT2D eigenvalue weighted by Gasteiger charge is -2.08. The molecule has 0 bridgehead atoms. The van der Waals surface area contributed by atoms with Crippen LogP contribution in [-0.2, 0) is 20.8 Å². The van der Waals surface area contributed by atoms with Crippen molar-refractivity contribution >= 4 is 11.9 Å². The van der Waals surface area contributed by atoms with Gasteiger partial charge in [-0.1, -0.05) is 6.92 Å². The molecule has 0 N–H and O–H groups in total. The Morgan fingerprint density at radius 1 is 1.44 bits per heavy atom. The molecule has 16 heavy (non-hydrogen) atoms. The van der Waals surface area contributed by atoms with E-state index in [-0.39, 0.29) is 17.6 Å². The summed E-state index contributed by atoms with van der Waals surface area (Å²) in [6.07, 6.45) is 1.62. The number of carbonyl (C=O) groups is 2. The monoisotopic (exact) mass is 226 g/mol. The van der Waals surface area contributed by atoms with E-state index >= 15 is 0 Å². The van der Waals surface area contributed by atoms with Gasteiger partial charge in [-0.2, -0.15) is 5.10 Å². The molecular formula is C10H14N2O4. The summed E-state index contributed by atoms with van der Waals surface area (Å²) in [5, 5.41) is 3.97. The van der Waals surface area contributed by atoms with Crippen molar-refractivity contribution in [2.24, 2.45) is 5.92 Å². The summed E-state index contributed by atoms with van der Waals surface area (Å²) in [4.78, 5) is 22.3. The van der Waals surface area contributed by atoms with Crippen LogP contribution in [0.5, 0.6) is 0 Å². The van der Waals surface area contributed by atoms with E-state index in [1.54, 1.807) is 13.1 Å². The molecule has 1 aromatic rings. The van der Waals surface area contributed by atoms with E-state index < -0.39 is 5.97 Å². The Balaban J connectivity index is 2.65. The van der Waals surface area contributed by atoms with Gasteiger partial charge in [0.15, 0.2) is 5.69 Å². The Labute approximate surface area is 93.1 Å². The van der Waals surface area contributed by atoms with Crippen molar-refractivity contribution in [1.82, 2.24) is 9.78 Å². The van der Waals surface area contributed by atoms with Gasteiger partial charge < -0.3 is 9.47 Å². The number of nitrogens with zero attached hydrogens (tertiary/aromatic N) is 2. The summed E-state index contributed by atoms with van der Waals surface area (Å²) in [6, 6.07) is 1.54. The van der Waals surface area contributed by atoms with E-state index in [2.05, 4.69) is 14.6 Å². The Hall–Kier alpha value is -1.85. The van der Waals surface area contributed by atoms with Crippen LogP contribution < -0.4 is 0 Å². The van der Waals surface area contributed by atoms with Crippen molar-refractivity contribution in [1.29, 1.82) is 0 Å². The maximum absolute atomic E-state index is 11.2. The fourth-order valence-electron chi connectivity index (χ4n) is 1.23. The van der Waals surface area contributed by atoms with Gasteiger partial charge in [0.05, 0.1) is 26.7 Å². The number of aromatic nitrogens is 2. The summed E-state index contributed by atoms with van der Waals surface area (Å²) in [6.45, 7) is 2.09. The predicted octanol–water partition coefficient (Wildman–Crippen LogP) is 0.479. The highest BCUT2D eigenvalue weighted by atomic mass is 16.5. The van der Waals surface area contributed by atoms with Gasteiger partial charge in [0, 0.05) is 6.20 Å². The highest BCUT2D eigenvalue weighted by Crippen LogP contribution is 2.04. The highest BCUT2D eigenvalue weighted by Gasteiger charge is 2.15. The number of methoxy groups -OCH3 is 2. The Kier molecular flexibility index (Phi) is 4.04. The third-order valence-electron chi connectivity index (χ3n) is 2.10. The summed E-state index contributed by atoms with van der Waals surface area (Å²) in [7, 11) is 2.63. The van der Waals surface area contributed by atoms with Crippen LogP contribution in [-0.4, -0.2) is 35.9 Å². The Morgan fingerprint density at radius 3 is 2.69 bits per heavy atom. The van der Waals surface area contributed by atoms with Crippen LogP contribution in [0.1, 0.15) is 17.4 Å². The zero-order chi connectivity index (χ0) is 12.1. The number of hydrogen-bond acceptors (Lipinski definition) is 5. The van der Waals surface area contributed by atoms with Gasteiger partial charge in [-0.25, -0.2) is 4.79 Å². The molecule has 0 aliphatic carbocycles. The van der Waals surface area contributed by atoms with Gasteiger partial charge in [0.25, 0.3) is 0 Å². The fourth-order valence-corrected chi connectivity index (χ4v) is 1.23. The van der Waals surface area contributed by atoms with E-state index in [1.807, 2.05) is 0 Å². The van der Waals surface area contributed by atoms with Crippen molar-refractivity contribution in [3.63, 3.8) is 0 Å². The molecule has 6 heteroatoms. The van der Waals surface area contributed by atoms with Crippen molar-refractivity contribution in [2.75, 3.05) is 14.2 Å². The first-order valence-corrected chi connectivity index (χ1v) is 4.78. The molecular weight excluding hydrogens is 212 g/mol. The van der Waals surface area contributed by atoms with E-state index in [4.69, 9.17) is 0 Å². The van der Waals surface area contributed by atoms with Gasteiger partial charge >= 0.3 is 11.9 Å². The van der Waals surface area contributed by atoms with E-state index in [0.717, 1.165) is 0 Å². The van der Waals surface area contributed by atoms with E-state index in [0.29, 0.717) is 6.54 Å². The van der Waals surface area contributed by atoms with Crippen LogP contribution in [0.2, 0.25) is 0 Å². The van der Waals surface area contributed by atoms with Crippen LogP contribution >= 0.6 is 0 Å². The second kappa shape index (κ2) is 5.29. The summed E-state index contributed by atoms with van der Waals surface area (Å²) in [5.74, 6) is -1.12. The number of hydrogen-bond donors (Lipinski definition) is 0. The highest BCUT2D eigenvalue weighted by molar-refractivity contribution is 5.86. The largest absolute Gasteiger partial charge is 0.469 e. The summed E-state index contributed by atoms with van der Waals surface area (Å²) < 4.78 is 10.6. The predicted molar refractivity (Wildman–Crippen MR) is 54.7 cm³/mol. The SMILES string of the molecule is COC(=O)c1ccn(C[C@H](C)C(=O)OC)n1. The molecule has 0 saturated heterocycles. The van der Waals surface area contributed by atoms with Gasteiger partial charge in [-0.15, -0.1) is 0 Å². The van der Waals surface area contributed by atoms with Crippen molar-refractivity contribution < 1.29 is 19.1 Å². The first-order chi connectivity index (χ1) is 7.58. The molecule has 0 fully saturated rings. The average molecular weight is 226 g/mol. The molecule has 6 nitrogen and oxygen atoms in total. The van der Waals surface area contributed by atoms with Crippen LogP contribution in [0.25, 0.3) is 0 Å². The molecule has 1 rings (SSSR count). The van der Waals surface area contributed by atoms with Gasteiger partial charge in [-0.3, -0.25) is 9.48 Å². The van der Waals surface area contributed by atoms with Gasteiger partial charge in [0.2, 0.25) is 0 Å². The van der Waals surface area contributed by atoms with Crippen molar-refractivity contribution in [3.8, 4) is 0 Å². The third-order valence-corrected chi connectivity index (χ3v) is 2.10. The molecule has 1 aromatic heterocycles. The molecule has 1 atom stereocenters. The molecule has 0 saturated carbocycles. The minimum atomic E-state index is -0.496. The third kappa shape index (κ3) is 2.82. The quantitative estimate of drug-likeness (QED) is 0.698. The molecule has 0 aliphatic heterocycles. The van der Waals surface area contributed by atoms with E-state index in [1.165, 1.54) is 25.0 Å². The molecule has 0 amide bonds. The lowest BCUT2D eigenvalue weighted by Crippen LogP contribution is -2.19. The lowest BCUT2D eigenvalue weighted by atomic mass is 10.2. The smallest absolute Gasteiger partial charge is 0.358 e. The first-order valence-electron chi connectivity index (χ1n) is 4.78. The molecule has 88 valence electrons. The molecule has 0 aromatic carbocycles. The number of ether oxygens (including phenoxy) is 2.